The summed E-state index contributed by atoms with van der Waals surface area (Å²) in [7, 11) is 3.60. The lowest BCUT2D eigenvalue weighted by atomic mass is 9.89. The SMILES string of the molecule is C[C@@H]1C(=O)NN=C2COc3cc(C(F)(F)F)c(N(C)C4(C)CN(C)C4)cc3N21. The minimum absolute atomic E-state index is 0.00733. The van der Waals surface area contributed by atoms with Gasteiger partial charge in [-0.15, -0.1) is 0 Å². The molecule has 1 fully saturated rings. The van der Waals surface area contributed by atoms with E-state index >= 15 is 0 Å². The molecule has 3 heterocycles. The van der Waals surface area contributed by atoms with Crippen molar-refractivity contribution in [1.29, 1.82) is 0 Å². The van der Waals surface area contributed by atoms with Crippen LogP contribution in [0.4, 0.5) is 24.5 Å². The fraction of sp³-hybridized carbons (Fsp3) is 0.556. The number of alkyl halides is 3. The van der Waals surface area contributed by atoms with Gasteiger partial charge in [-0.3, -0.25) is 4.79 Å². The maximum atomic E-state index is 13.8. The van der Waals surface area contributed by atoms with Crippen LogP contribution in [0, 0.1) is 0 Å². The molecule has 1 saturated heterocycles. The zero-order valence-electron chi connectivity index (χ0n) is 16.1. The lowest BCUT2D eigenvalue weighted by Gasteiger charge is -2.53. The van der Waals surface area contributed by atoms with E-state index in [4.69, 9.17) is 4.74 Å². The number of amides is 1. The molecule has 1 aromatic carbocycles. The van der Waals surface area contributed by atoms with Crippen LogP contribution in [0.25, 0.3) is 0 Å². The second-order valence-electron chi connectivity index (χ2n) is 7.90. The first-order chi connectivity index (χ1) is 13.0. The van der Waals surface area contributed by atoms with Gasteiger partial charge in [0, 0.05) is 20.1 Å². The molecule has 0 aromatic heterocycles. The maximum Gasteiger partial charge on any atom is 0.418 e. The highest BCUT2D eigenvalue weighted by atomic mass is 19.4. The average Bonchev–Trinajstić information content (AvgIpc) is 2.60. The number of hydrazone groups is 1. The molecule has 0 radical (unpaired) electrons. The maximum absolute atomic E-state index is 13.8. The summed E-state index contributed by atoms with van der Waals surface area (Å²) in [6, 6.07) is 1.89. The standard InChI is InChI=1S/C18H22F3N5O2/c1-10-16(27)23-22-15-7-28-14-5-11(18(19,20)21)12(6-13(14)26(10)15)25(4)17(2)8-24(3)9-17/h5-6,10H,7-9H2,1-4H3,(H,23,27)/t10-/m1/s1. The van der Waals surface area contributed by atoms with Gasteiger partial charge in [0.2, 0.25) is 0 Å². The molecule has 0 bridgehead atoms. The zero-order valence-corrected chi connectivity index (χ0v) is 16.1. The van der Waals surface area contributed by atoms with Gasteiger partial charge in [0.1, 0.15) is 18.4 Å². The number of rotatable bonds is 2. The summed E-state index contributed by atoms with van der Waals surface area (Å²) in [5.41, 5.74) is 1.72. The number of carbonyl (C=O) groups excluding carboxylic acids is 1. The van der Waals surface area contributed by atoms with Crippen LogP contribution in [0.5, 0.6) is 5.75 Å². The van der Waals surface area contributed by atoms with Crippen molar-refractivity contribution in [2.45, 2.75) is 31.6 Å². The number of hydrogen-bond acceptors (Lipinski definition) is 6. The molecule has 1 N–H and O–H groups in total. The molecule has 0 spiro atoms. The fourth-order valence-electron chi connectivity index (χ4n) is 4.18. The van der Waals surface area contributed by atoms with Crippen molar-refractivity contribution < 1.29 is 22.7 Å². The summed E-state index contributed by atoms with van der Waals surface area (Å²) in [5, 5.41) is 3.99. The third kappa shape index (κ3) is 2.78. The van der Waals surface area contributed by atoms with Crippen LogP contribution in [0.1, 0.15) is 19.4 Å². The van der Waals surface area contributed by atoms with Crippen molar-refractivity contribution in [2.75, 3.05) is 43.6 Å². The first-order valence-corrected chi connectivity index (χ1v) is 8.97. The Bertz CT molecular complexity index is 864. The number of ether oxygens (including phenoxy) is 1. The molecule has 3 aliphatic rings. The predicted molar refractivity (Wildman–Crippen MR) is 98.8 cm³/mol. The Balaban J connectivity index is 1.85. The summed E-state index contributed by atoms with van der Waals surface area (Å²) in [4.78, 5) is 17.4. The van der Waals surface area contributed by atoms with Crippen LogP contribution in [0.2, 0.25) is 0 Å². The Morgan fingerprint density at radius 1 is 1.36 bits per heavy atom. The lowest BCUT2D eigenvalue weighted by Crippen LogP contribution is -2.66. The summed E-state index contributed by atoms with van der Waals surface area (Å²) in [5.74, 6) is 0.238. The highest BCUT2D eigenvalue weighted by Crippen LogP contribution is 2.47. The fourth-order valence-corrected chi connectivity index (χ4v) is 4.18. The first-order valence-electron chi connectivity index (χ1n) is 8.97. The van der Waals surface area contributed by atoms with E-state index in [1.54, 1.807) is 23.8 Å². The van der Waals surface area contributed by atoms with E-state index in [0.717, 1.165) is 6.07 Å². The highest BCUT2D eigenvalue weighted by Gasteiger charge is 2.45. The molecule has 0 saturated carbocycles. The van der Waals surface area contributed by atoms with Gasteiger partial charge in [-0.05, 0) is 33.0 Å². The van der Waals surface area contributed by atoms with Crippen LogP contribution in [0.3, 0.4) is 0 Å². The van der Waals surface area contributed by atoms with Crippen molar-refractivity contribution in [3.63, 3.8) is 0 Å². The second-order valence-corrected chi connectivity index (χ2v) is 7.90. The summed E-state index contributed by atoms with van der Waals surface area (Å²) in [6.07, 6.45) is -4.53. The van der Waals surface area contributed by atoms with Crippen LogP contribution in [0.15, 0.2) is 17.2 Å². The predicted octanol–water partition coefficient (Wildman–Crippen LogP) is 1.88. The number of likely N-dealkylation sites (tertiary alicyclic amines) is 1. The number of carbonyl (C=O) groups is 1. The van der Waals surface area contributed by atoms with Crippen molar-refractivity contribution in [1.82, 2.24) is 10.3 Å². The molecule has 7 nitrogen and oxygen atoms in total. The number of benzene rings is 1. The number of amidine groups is 1. The minimum atomic E-state index is -4.53. The topological polar surface area (TPSA) is 60.4 Å². The van der Waals surface area contributed by atoms with Crippen LogP contribution < -0.4 is 20.0 Å². The van der Waals surface area contributed by atoms with Gasteiger partial charge < -0.3 is 19.4 Å². The first kappa shape index (κ1) is 18.9. The molecule has 28 heavy (non-hydrogen) atoms. The van der Waals surface area contributed by atoms with Crippen molar-refractivity contribution in [3.05, 3.63) is 17.7 Å². The molecule has 3 aliphatic heterocycles. The van der Waals surface area contributed by atoms with Gasteiger partial charge >= 0.3 is 6.18 Å². The Hall–Kier alpha value is -2.49. The van der Waals surface area contributed by atoms with Gasteiger partial charge in [0.15, 0.2) is 5.84 Å². The van der Waals surface area contributed by atoms with Crippen LogP contribution in [-0.4, -0.2) is 62.0 Å². The quantitative estimate of drug-likeness (QED) is 0.826. The smallest absolute Gasteiger partial charge is 0.418 e. The van der Waals surface area contributed by atoms with Crippen molar-refractivity contribution in [3.8, 4) is 5.75 Å². The molecule has 0 aliphatic carbocycles. The number of likely N-dealkylation sites (N-methyl/N-ethyl adjacent to an activating group) is 2. The Morgan fingerprint density at radius 2 is 2.04 bits per heavy atom. The Labute approximate surface area is 160 Å². The summed E-state index contributed by atoms with van der Waals surface area (Å²) in [6.45, 7) is 4.93. The zero-order chi connectivity index (χ0) is 20.4. The molecule has 152 valence electrons. The number of fused-ring (bicyclic) bond motifs is 3. The Kier molecular flexibility index (Phi) is 4.04. The van der Waals surface area contributed by atoms with Gasteiger partial charge in [-0.2, -0.15) is 18.3 Å². The monoisotopic (exact) mass is 397 g/mol. The van der Waals surface area contributed by atoms with Gasteiger partial charge in [0.25, 0.3) is 5.91 Å². The highest BCUT2D eigenvalue weighted by molar-refractivity contribution is 6.09. The second kappa shape index (κ2) is 6.00. The number of hydrogen-bond donors (Lipinski definition) is 1. The Morgan fingerprint density at radius 3 is 2.64 bits per heavy atom. The molecule has 10 heteroatoms. The molecule has 4 rings (SSSR count). The van der Waals surface area contributed by atoms with E-state index < -0.39 is 23.3 Å². The number of halogens is 3. The third-order valence-corrected chi connectivity index (χ3v) is 5.73. The van der Waals surface area contributed by atoms with Gasteiger partial charge in [-0.25, -0.2) is 5.43 Å². The number of nitrogens with one attached hydrogen (secondary N) is 1. The largest absolute Gasteiger partial charge is 0.483 e. The average molecular weight is 397 g/mol. The summed E-state index contributed by atoms with van der Waals surface area (Å²) < 4.78 is 47.1. The molecule has 1 amide bonds. The van der Waals surface area contributed by atoms with Crippen LogP contribution in [-0.2, 0) is 11.0 Å². The number of anilines is 2. The van der Waals surface area contributed by atoms with E-state index in [9.17, 15) is 18.0 Å². The van der Waals surface area contributed by atoms with E-state index in [1.165, 1.54) is 6.07 Å². The third-order valence-electron chi connectivity index (χ3n) is 5.73. The molecule has 1 aromatic rings. The minimum Gasteiger partial charge on any atom is -0.483 e. The number of nitrogens with zero attached hydrogens (tertiary/aromatic N) is 4. The molecular weight excluding hydrogens is 375 g/mol. The van der Waals surface area contributed by atoms with Crippen molar-refractivity contribution >= 4 is 23.1 Å². The molecule has 0 unspecified atom stereocenters. The van der Waals surface area contributed by atoms with Gasteiger partial charge in [-0.1, -0.05) is 0 Å². The van der Waals surface area contributed by atoms with Crippen molar-refractivity contribution in [2.24, 2.45) is 5.10 Å². The van der Waals surface area contributed by atoms with E-state index in [1.807, 2.05) is 18.9 Å². The molecular formula is C18H22F3N5O2. The normalized spacial score (nSPS) is 23.7. The lowest BCUT2D eigenvalue weighted by molar-refractivity contribution is -0.137. The van der Waals surface area contributed by atoms with E-state index in [-0.39, 0.29) is 24.0 Å². The van der Waals surface area contributed by atoms with E-state index in [0.29, 0.717) is 24.6 Å². The van der Waals surface area contributed by atoms with E-state index in [2.05, 4.69) is 10.5 Å². The summed E-state index contributed by atoms with van der Waals surface area (Å²) >= 11 is 0. The molecule has 1 atom stereocenters. The van der Waals surface area contributed by atoms with Gasteiger partial charge in [0.05, 0.1) is 22.5 Å². The van der Waals surface area contributed by atoms with Crippen LogP contribution >= 0.6 is 0 Å².